The van der Waals surface area contributed by atoms with E-state index >= 15 is 0 Å². The SMILES string of the molecule is CC[C@@H]1CN(Cc2cc([C@@H](c3ccc4c(nnn4C)c3C)C(C)(C)C(=O)OC)ccc2C)Cc2[nH]c(=O)ccc2O1. The van der Waals surface area contributed by atoms with Crippen molar-refractivity contribution in [3.8, 4) is 5.75 Å². The lowest BCUT2D eigenvalue weighted by molar-refractivity contribution is -0.151. The number of aryl methyl sites for hydroxylation is 3. The third-order valence-electron chi connectivity index (χ3n) is 8.47. The molecule has 3 heterocycles. The van der Waals surface area contributed by atoms with Crippen LogP contribution in [0.1, 0.15) is 66.6 Å². The highest BCUT2D eigenvalue weighted by molar-refractivity contribution is 5.82. The third-order valence-corrected chi connectivity index (χ3v) is 8.47. The average molecular weight is 558 g/mol. The predicted molar refractivity (Wildman–Crippen MR) is 158 cm³/mol. The number of H-pyrrole nitrogens is 1. The maximum Gasteiger partial charge on any atom is 0.312 e. The number of hydrogen-bond acceptors (Lipinski definition) is 7. The van der Waals surface area contributed by atoms with Gasteiger partial charge in [-0.2, -0.15) is 0 Å². The van der Waals surface area contributed by atoms with Gasteiger partial charge in [0.25, 0.3) is 0 Å². The van der Waals surface area contributed by atoms with Crippen LogP contribution in [0.3, 0.4) is 0 Å². The Kier molecular flexibility index (Phi) is 7.74. The number of carbonyl (C=O) groups excluding carboxylic acids is 1. The molecule has 0 unspecified atom stereocenters. The van der Waals surface area contributed by atoms with Crippen LogP contribution < -0.4 is 10.3 Å². The Morgan fingerprint density at radius 1 is 1.20 bits per heavy atom. The third kappa shape index (κ3) is 5.38. The smallest absolute Gasteiger partial charge is 0.312 e. The van der Waals surface area contributed by atoms with E-state index in [1.807, 2.05) is 33.9 Å². The van der Waals surface area contributed by atoms with Crippen molar-refractivity contribution in [3.63, 3.8) is 0 Å². The lowest BCUT2D eigenvalue weighted by Gasteiger charge is -2.34. The Bertz CT molecular complexity index is 1650. The Labute approximate surface area is 240 Å². The van der Waals surface area contributed by atoms with Crippen molar-refractivity contribution in [2.75, 3.05) is 13.7 Å². The highest BCUT2D eigenvalue weighted by Gasteiger charge is 2.41. The van der Waals surface area contributed by atoms with Gasteiger partial charge in [0.2, 0.25) is 5.56 Å². The number of methoxy groups -OCH3 is 1. The topological polar surface area (TPSA) is 102 Å². The van der Waals surface area contributed by atoms with Gasteiger partial charge in [0, 0.05) is 38.7 Å². The molecule has 2 aromatic heterocycles. The molecule has 2 aromatic carbocycles. The second-order valence-electron chi connectivity index (χ2n) is 11.7. The zero-order valence-electron chi connectivity index (χ0n) is 24.9. The summed E-state index contributed by atoms with van der Waals surface area (Å²) < 4.78 is 13.3. The number of benzene rings is 2. The largest absolute Gasteiger partial charge is 0.487 e. The summed E-state index contributed by atoms with van der Waals surface area (Å²) in [4.78, 5) is 30.6. The van der Waals surface area contributed by atoms with Gasteiger partial charge in [-0.1, -0.05) is 36.4 Å². The van der Waals surface area contributed by atoms with E-state index in [0.717, 1.165) is 63.3 Å². The van der Waals surface area contributed by atoms with Crippen molar-refractivity contribution in [3.05, 3.63) is 86.3 Å². The Balaban J connectivity index is 1.58. The molecule has 2 atom stereocenters. The Morgan fingerprint density at radius 2 is 1.98 bits per heavy atom. The van der Waals surface area contributed by atoms with Crippen LogP contribution in [0.4, 0.5) is 0 Å². The van der Waals surface area contributed by atoms with Crippen LogP contribution in [-0.2, 0) is 29.7 Å². The lowest BCUT2D eigenvalue weighted by atomic mass is 9.69. The van der Waals surface area contributed by atoms with Gasteiger partial charge in [-0.15, -0.1) is 5.10 Å². The minimum absolute atomic E-state index is 0.0120. The molecular weight excluding hydrogens is 518 g/mol. The molecule has 41 heavy (non-hydrogen) atoms. The van der Waals surface area contributed by atoms with E-state index in [0.29, 0.717) is 13.1 Å². The summed E-state index contributed by atoms with van der Waals surface area (Å²) in [6.07, 6.45) is 0.867. The number of rotatable bonds is 7. The second-order valence-corrected chi connectivity index (χ2v) is 11.7. The monoisotopic (exact) mass is 557 g/mol. The summed E-state index contributed by atoms with van der Waals surface area (Å²) in [7, 11) is 3.32. The van der Waals surface area contributed by atoms with Crippen LogP contribution in [0, 0.1) is 19.3 Å². The van der Waals surface area contributed by atoms with Gasteiger partial charge in [-0.05, 0) is 74.1 Å². The molecule has 0 bridgehead atoms. The number of carbonyl (C=O) groups is 1. The highest BCUT2D eigenvalue weighted by atomic mass is 16.5. The normalized spacial score (nSPS) is 16.6. The summed E-state index contributed by atoms with van der Waals surface area (Å²) in [5.74, 6) is 0.173. The molecule has 0 fully saturated rings. The zero-order chi connectivity index (χ0) is 29.5. The van der Waals surface area contributed by atoms with Gasteiger partial charge in [-0.3, -0.25) is 14.5 Å². The number of aromatic nitrogens is 4. The second kappa shape index (κ2) is 11.1. The number of nitrogens with zero attached hydrogens (tertiary/aromatic N) is 4. The number of pyridine rings is 1. The molecule has 1 aliphatic rings. The van der Waals surface area contributed by atoms with Crippen LogP contribution in [0.5, 0.6) is 5.75 Å². The van der Waals surface area contributed by atoms with Crippen LogP contribution in [0.15, 0.2) is 47.3 Å². The van der Waals surface area contributed by atoms with Crippen molar-refractivity contribution in [1.82, 2.24) is 24.9 Å². The number of aromatic amines is 1. The van der Waals surface area contributed by atoms with E-state index in [4.69, 9.17) is 9.47 Å². The van der Waals surface area contributed by atoms with Gasteiger partial charge in [-0.25, -0.2) is 4.68 Å². The molecule has 0 aliphatic carbocycles. The fourth-order valence-corrected chi connectivity index (χ4v) is 6.07. The predicted octanol–water partition coefficient (Wildman–Crippen LogP) is 4.78. The fourth-order valence-electron chi connectivity index (χ4n) is 6.07. The fraction of sp³-hybridized carbons (Fsp3) is 0.438. The van der Waals surface area contributed by atoms with Crippen LogP contribution in [0.2, 0.25) is 0 Å². The van der Waals surface area contributed by atoms with Gasteiger partial charge >= 0.3 is 5.97 Å². The minimum Gasteiger partial charge on any atom is -0.487 e. The molecular formula is C32H39N5O4. The maximum absolute atomic E-state index is 13.2. The maximum atomic E-state index is 13.2. The summed E-state index contributed by atoms with van der Waals surface area (Å²) in [6.45, 7) is 12.1. The van der Waals surface area contributed by atoms with Crippen molar-refractivity contribution < 1.29 is 14.3 Å². The molecule has 9 nitrogen and oxygen atoms in total. The van der Waals surface area contributed by atoms with E-state index in [9.17, 15) is 9.59 Å². The molecule has 1 aliphatic heterocycles. The molecule has 5 rings (SSSR count). The number of ether oxygens (including phenoxy) is 2. The van der Waals surface area contributed by atoms with Crippen molar-refractivity contribution in [2.45, 2.75) is 66.2 Å². The Morgan fingerprint density at radius 3 is 2.71 bits per heavy atom. The van der Waals surface area contributed by atoms with Crippen molar-refractivity contribution >= 4 is 17.0 Å². The van der Waals surface area contributed by atoms with Gasteiger partial charge in [0.1, 0.15) is 17.4 Å². The van der Waals surface area contributed by atoms with Gasteiger partial charge in [0.15, 0.2) is 0 Å². The molecule has 0 amide bonds. The van der Waals surface area contributed by atoms with Gasteiger partial charge < -0.3 is 14.5 Å². The standard InChI is InChI=1S/C32H39N5O4/c1-8-23-17-37(18-25-27(41-23)13-14-28(38)33-25)16-22-15-21(10-9-19(22)2)29(32(4,5)31(39)40-7)24-11-12-26-30(20(24)3)34-35-36(26)6/h9-15,23,29H,8,16-18H2,1-7H3,(H,33,38)/t23-,29+/m1/s1. The number of esters is 1. The van der Waals surface area contributed by atoms with Gasteiger partial charge in [0.05, 0.1) is 23.7 Å². The molecule has 0 radical (unpaired) electrons. The first-order chi connectivity index (χ1) is 19.5. The molecule has 9 heteroatoms. The molecule has 4 aromatic rings. The summed E-state index contributed by atoms with van der Waals surface area (Å²) in [5, 5.41) is 8.63. The first kappa shape index (κ1) is 28.5. The summed E-state index contributed by atoms with van der Waals surface area (Å²) >= 11 is 0. The van der Waals surface area contributed by atoms with E-state index in [1.54, 1.807) is 10.7 Å². The molecule has 216 valence electrons. The molecule has 0 saturated heterocycles. The number of nitrogens with one attached hydrogen (secondary N) is 1. The summed E-state index contributed by atoms with van der Waals surface area (Å²) in [5.41, 5.74) is 6.92. The van der Waals surface area contributed by atoms with Crippen LogP contribution in [0.25, 0.3) is 11.0 Å². The highest BCUT2D eigenvalue weighted by Crippen LogP contribution is 2.44. The minimum atomic E-state index is -0.857. The van der Waals surface area contributed by atoms with Crippen molar-refractivity contribution in [2.24, 2.45) is 12.5 Å². The average Bonchev–Trinajstić information content (AvgIpc) is 3.23. The molecule has 0 spiro atoms. The van der Waals surface area contributed by atoms with E-state index in [-0.39, 0.29) is 23.6 Å². The quantitative estimate of drug-likeness (QED) is 0.326. The lowest BCUT2D eigenvalue weighted by Crippen LogP contribution is -2.34. The van der Waals surface area contributed by atoms with Crippen molar-refractivity contribution in [1.29, 1.82) is 0 Å². The first-order valence-electron chi connectivity index (χ1n) is 14.1. The number of hydrogen-bond donors (Lipinski definition) is 1. The number of fused-ring (bicyclic) bond motifs is 2. The van der Waals surface area contributed by atoms with E-state index < -0.39 is 5.41 Å². The van der Waals surface area contributed by atoms with Crippen LogP contribution in [-0.4, -0.2) is 50.6 Å². The zero-order valence-corrected chi connectivity index (χ0v) is 24.9. The molecule has 1 N–H and O–H groups in total. The first-order valence-corrected chi connectivity index (χ1v) is 14.1. The van der Waals surface area contributed by atoms with Crippen LogP contribution >= 0.6 is 0 Å². The summed E-state index contributed by atoms with van der Waals surface area (Å²) in [6, 6.07) is 13.8. The van der Waals surface area contributed by atoms with E-state index in [2.05, 4.69) is 58.3 Å². The Hall–Kier alpha value is -3.98. The molecule has 0 saturated carbocycles. The van der Waals surface area contributed by atoms with E-state index in [1.165, 1.54) is 13.2 Å².